The van der Waals surface area contributed by atoms with Gasteiger partial charge < -0.3 is 10.2 Å². The van der Waals surface area contributed by atoms with E-state index in [0.29, 0.717) is 29.4 Å². The van der Waals surface area contributed by atoms with Crippen molar-refractivity contribution < 1.29 is 9.18 Å². The van der Waals surface area contributed by atoms with Gasteiger partial charge in [0.2, 0.25) is 0 Å². The molecule has 126 valence electrons. The van der Waals surface area contributed by atoms with Crippen molar-refractivity contribution >= 4 is 11.7 Å². The summed E-state index contributed by atoms with van der Waals surface area (Å²) >= 11 is 0. The summed E-state index contributed by atoms with van der Waals surface area (Å²) in [6, 6.07) is 8.97. The first-order chi connectivity index (χ1) is 11.6. The number of nitrogens with zero attached hydrogens (tertiary/aromatic N) is 2. The number of hydrogen-bond donors (Lipinski definition) is 1. The Kier molecular flexibility index (Phi) is 4.79. The van der Waals surface area contributed by atoms with Gasteiger partial charge in [-0.05, 0) is 55.0 Å². The molecule has 1 aromatic heterocycles. The molecule has 0 radical (unpaired) electrons. The standard InChI is InChI=1S/C19H22FN3O/c1-13-5-6-14(11-17(13)20)10-15-7-9-23(12-15)19(24)16-4-3-8-22-18(16)21-2/h3-6,8,11,15H,7,9-10,12H2,1-2H3,(H,21,22). The summed E-state index contributed by atoms with van der Waals surface area (Å²) in [5, 5.41) is 2.96. The van der Waals surface area contributed by atoms with Crippen LogP contribution in [0.15, 0.2) is 36.5 Å². The number of carbonyl (C=O) groups is 1. The largest absolute Gasteiger partial charge is 0.372 e. The number of carbonyl (C=O) groups excluding carboxylic acids is 1. The molecule has 1 atom stereocenters. The lowest BCUT2D eigenvalue weighted by Crippen LogP contribution is -2.29. The van der Waals surface area contributed by atoms with Crippen LogP contribution in [-0.4, -0.2) is 35.9 Å². The fraction of sp³-hybridized carbons (Fsp3) is 0.368. The molecular formula is C19H22FN3O. The van der Waals surface area contributed by atoms with Gasteiger partial charge in [-0.1, -0.05) is 12.1 Å². The molecule has 0 spiro atoms. The Morgan fingerprint density at radius 2 is 2.25 bits per heavy atom. The number of nitrogens with one attached hydrogen (secondary N) is 1. The van der Waals surface area contributed by atoms with Crippen LogP contribution < -0.4 is 5.32 Å². The third-order valence-corrected chi connectivity index (χ3v) is 4.61. The Balaban J connectivity index is 1.66. The SMILES string of the molecule is CNc1ncccc1C(=O)N1CCC(Cc2ccc(C)c(F)c2)C1. The minimum atomic E-state index is -0.160. The lowest BCUT2D eigenvalue weighted by atomic mass is 9.98. The molecule has 5 heteroatoms. The molecule has 1 aliphatic heterocycles. The highest BCUT2D eigenvalue weighted by Crippen LogP contribution is 2.24. The number of amides is 1. The van der Waals surface area contributed by atoms with Crippen molar-refractivity contribution in [2.75, 3.05) is 25.5 Å². The number of anilines is 1. The average molecular weight is 327 g/mol. The number of likely N-dealkylation sites (tertiary alicyclic amines) is 1. The second-order valence-corrected chi connectivity index (χ2v) is 6.34. The molecule has 4 nitrogen and oxygen atoms in total. The van der Waals surface area contributed by atoms with E-state index in [1.54, 1.807) is 38.4 Å². The van der Waals surface area contributed by atoms with Crippen LogP contribution >= 0.6 is 0 Å². The lowest BCUT2D eigenvalue weighted by molar-refractivity contribution is 0.0787. The van der Waals surface area contributed by atoms with Gasteiger partial charge in [0.1, 0.15) is 11.6 Å². The second-order valence-electron chi connectivity index (χ2n) is 6.34. The van der Waals surface area contributed by atoms with E-state index in [1.165, 1.54) is 0 Å². The van der Waals surface area contributed by atoms with E-state index in [9.17, 15) is 9.18 Å². The maximum absolute atomic E-state index is 13.7. The van der Waals surface area contributed by atoms with Gasteiger partial charge >= 0.3 is 0 Å². The van der Waals surface area contributed by atoms with E-state index in [2.05, 4.69) is 10.3 Å². The molecule has 2 heterocycles. The summed E-state index contributed by atoms with van der Waals surface area (Å²) in [6.45, 7) is 3.20. The third kappa shape index (κ3) is 3.40. The summed E-state index contributed by atoms with van der Waals surface area (Å²) in [5.74, 6) is 0.815. The fourth-order valence-corrected chi connectivity index (χ4v) is 3.23. The molecule has 1 amide bonds. The topological polar surface area (TPSA) is 45.2 Å². The predicted octanol–water partition coefficient (Wildman–Crippen LogP) is 3.28. The highest BCUT2D eigenvalue weighted by Gasteiger charge is 2.28. The van der Waals surface area contributed by atoms with Gasteiger partial charge in [-0.15, -0.1) is 0 Å². The van der Waals surface area contributed by atoms with Crippen molar-refractivity contribution in [3.8, 4) is 0 Å². The Hall–Kier alpha value is -2.43. The molecular weight excluding hydrogens is 305 g/mol. The van der Waals surface area contributed by atoms with Gasteiger partial charge in [-0.3, -0.25) is 4.79 Å². The zero-order valence-corrected chi connectivity index (χ0v) is 14.1. The Morgan fingerprint density at radius 3 is 3.00 bits per heavy atom. The van der Waals surface area contributed by atoms with Crippen molar-refractivity contribution in [2.24, 2.45) is 5.92 Å². The van der Waals surface area contributed by atoms with Gasteiger partial charge in [-0.25, -0.2) is 9.37 Å². The summed E-state index contributed by atoms with van der Waals surface area (Å²) in [5.41, 5.74) is 2.26. The molecule has 1 aromatic carbocycles. The van der Waals surface area contributed by atoms with E-state index < -0.39 is 0 Å². The first kappa shape index (κ1) is 16.4. The number of benzene rings is 1. The van der Waals surface area contributed by atoms with Crippen molar-refractivity contribution in [2.45, 2.75) is 19.8 Å². The number of aromatic nitrogens is 1. The highest BCUT2D eigenvalue weighted by atomic mass is 19.1. The van der Waals surface area contributed by atoms with Crippen LogP contribution in [0, 0.1) is 18.7 Å². The van der Waals surface area contributed by atoms with Crippen molar-refractivity contribution in [3.63, 3.8) is 0 Å². The fourth-order valence-electron chi connectivity index (χ4n) is 3.23. The van der Waals surface area contributed by atoms with E-state index in [1.807, 2.05) is 17.0 Å². The molecule has 0 saturated carbocycles. The van der Waals surface area contributed by atoms with E-state index in [-0.39, 0.29) is 11.7 Å². The molecule has 1 saturated heterocycles. The molecule has 1 aliphatic rings. The Bertz CT molecular complexity index is 747. The van der Waals surface area contributed by atoms with Gasteiger partial charge in [-0.2, -0.15) is 0 Å². The molecule has 0 bridgehead atoms. The highest BCUT2D eigenvalue weighted by molar-refractivity contribution is 5.98. The molecule has 2 aromatic rings. The van der Waals surface area contributed by atoms with Crippen molar-refractivity contribution in [1.82, 2.24) is 9.88 Å². The van der Waals surface area contributed by atoms with Crippen molar-refractivity contribution in [1.29, 1.82) is 0 Å². The molecule has 24 heavy (non-hydrogen) atoms. The molecule has 1 unspecified atom stereocenters. The van der Waals surface area contributed by atoms with Gasteiger partial charge in [0, 0.05) is 26.3 Å². The quantitative estimate of drug-likeness (QED) is 0.937. The second kappa shape index (κ2) is 6.99. The average Bonchev–Trinajstić information content (AvgIpc) is 3.06. The number of hydrogen-bond acceptors (Lipinski definition) is 3. The maximum Gasteiger partial charge on any atom is 0.257 e. The van der Waals surface area contributed by atoms with Crippen molar-refractivity contribution in [3.05, 3.63) is 59.0 Å². The molecule has 1 N–H and O–H groups in total. The number of aryl methyl sites for hydroxylation is 1. The predicted molar refractivity (Wildman–Crippen MR) is 92.6 cm³/mol. The monoisotopic (exact) mass is 327 g/mol. The summed E-state index contributed by atoms with van der Waals surface area (Å²) < 4.78 is 13.7. The first-order valence-electron chi connectivity index (χ1n) is 8.25. The maximum atomic E-state index is 13.7. The van der Waals surface area contributed by atoms with Crippen LogP contribution in [0.25, 0.3) is 0 Å². The third-order valence-electron chi connectivity index (χ3n) is 4.61. The van der Waals surface area contributed by atoms with Crippen LogP contribution in [0.2, 0.25) is 0 Å². The number of rotatable bonds is 4. The van der Waals surface area contributed by atoms with E-state index in [0.717, 1.165) is 24.9 Å². The van der Waals surface area contributed by atoms with E-state index in [4.69, 9.17) is 0 Å². The van der Waals surface area contributed by atoms with Crippen LogP contribution in [0.3, 0.4) is 0 Å². The zero-order chi connectivity index (χ0) is 17.1. The Labute approximate surface area is 141 Å². The van der Waals surface area contributed by atoms with Gasteiger partial charge in [0.05, 0.1) is 5.56 Å². The molecule has 1 fully saturated rings. The minimum absolute atomic E-state index is 0.00466. The number of halogens is 1. The van der Waals surface area contributed by atoms with Crippen LogP contribution in [0.5, 0.6) is 0 Å². The molecule has 0 aliphatic carbocycles. The minimum Gasteiger partial charge on any atom is -0.372 e. The van der Waals surface area contributed by atoms with Gasteiger partial charge in [0.15, 0.2) is 0 Å². The van der Waals surface area contributed by atoms with Gasteiger partial charge in [0.25, 0.3) is 5.91 Å². The smallest absolute Gasteiger partial charge is 0.257 e. The summed E-state index contributed by atoms with van der Waals surface area (Å²) in [7, 11) is 1.76. The lowest BCUT2D eigenvalue weighted by Gasteiger charge is -2.18. The normalized spacial score (nSPS) is 17.1. The summed E-state index contributed by atoms with van der Waals surface area (Å²) in [6.07, 6.45) is 3.41. The van der Waals surface area contributed by atoms with Crippen LogP contribution in [-0.2, 0) is 6.42 Å². The van der Waals surface area contributed by atoms with Crippen LogP contribution in [0.1, 0.15) is 27.9 Å². The van der Waals surface area contributed by atoms with Crippen LogP contribution in [0.4, 0.5) is 10.2 Å². The summed E-state index contributed by atoms with van der Waals surface area (Å²) in [4.78, 5) is 18.8. The molecule has 3 rings (SSSR count). The number of pyridine rings is 1. The van der Waals surface area contributed by atoms with E-state index >= 15 is 0 Å². The Morgan fingerprint density at radius 1 is 1.42 bits per heavy atom. The first-order valence-corrected chi connectivity index (χ1v) is 8.25. The zero-order valence-electron chi connectivity index (χ0n) is 14.1.